The Hall–Kier alpha value is -0.670. The van der Waals surface area contributed by atoms with Crippen molar-refractivity contribution in [1.29, 1.82) is 0 Å². The molecule has 0 unspecified atom stereocenters. The summed E-state index contributed by atoms with van der Waals surface area (Å²) in [6.07, 6.45) is 1.61. The minimum atomic E-state index is -3.69. The highest BCUT2D eigenvalue weighted by Gasteiger charge is 2.20. The highest BCUT2D eigenvalue weighted by atomic mass is 79.9. The number of nitrogens with zero attached hydrogens (tertiary/aromatic N) is 1. The fourth-order valence-corrected chi connectivity index (χ4v) is 4.28. The van der Waals surface area contributed by atoms with Crippen LogP contribution in [-0.2, 0) is 16.6 Å². The molecule has 0 bridgehead atoms. The number of nitrogens with one attached hydrogen (secondary N) is 1. The molecule has 0 saturated carbocycles. The molecule has 0 aliphatic carbocycles. The first-order valence-corrected chi connectivity index (χ1v) is 8.55. The quantitative estimate of drug-likeness (QED) is 0.796. The summed E-state index contributed by atoms with van der Waals surface area (Å²) in [6.45, 7) is 0.172. The third kappa shape index (κ3) is 3.46. The summed E-state index contributed by atoms with van der Waals surface area (Å²) in [5.41, 5.74) is 7.58. The third-order valence-electron chi connectivity index (χ3n) is 2.24. The first-order chi connectivity index (χ1) is 8.90. The van der Waals surface area contributed by atoms with Crippen molar-refractivity contribution in [2.45, 2.75) is 11.4 Å². The Labute approximate surface area is 128 Å². The first kappa shape index (κ1) is 14.7. The number of anilines is 1. The van der Waals surface area contributed by atoms with E-state index in [2.05, 4.69) is 25.6 Å². The Morgan fingerprint density at radius 1 is 1.47 bits per heavy atom. The van der Waals surface area contributed by atoms with E-state index in [1.165, 1.54) is 23.5 Å². The van der Waals surface area contributed by atoms with E-state index in [-0.39, 0.29) is 22.2 Å². The highest BCUT2D eigenvalue weighted by molar-refractivity contribution is 9.10. The molecule has 0 atom stereocenters. The largest absolute Gasteiger partial charge is 0.398 e. The van der Waals surface area contributed by atoms with Crippen LogP contribution in [0.15, 0.2) is 33.2 Å². The van der Waals surface area contributed by atoms with Gasteiger partial charge in [0.1, 0.15) is 0 Å². The minimum Gasteiger partial charge on any atom is -0.398 e. The monoisotopic (exact) mass is 381 g/mol. The zero-order chi connectivity index (χ0) is 14.0. The van der Waals surface area contributed by atoms with Crippen LogP contribution < -0.4 is 10.5 Å². The summed E-state index contributed by atoms with van der Waals surface area (Å²) >= 11 is 10.4. The van der Waals surface area contributed by atoms with Gasteiger partial charge < -0.3 is 5.73 Å². The fourth-order valence-electron chi connectivity index (χ4n) is 1.35. The van der Waals surface area contributed by atoms with Gasteiger partial charge in [-0.1, -0.05) is 11.6 Å². The lowest BCUT2D eigenvalue weighted by Crippen LogP contribution is -2.23. The van der Waals surface area contributed by atoms with Gasteiger partial charge in [-0.2, -0.15) is 0 Å². The molecule has 0 spiro atoms. The van der Waals surface area contributed by atoms with Crippen LogP contribution in [0.25, 0.3) is 0 Å². The fraction of sp³-hybridized carbons (Fsp3) is 0.100. The van der Waals surface area contributed by atoms with Gasteiger partial charge in [-0.05, 0) is 28.1 Å². The number of thiazole rings is 1. The maximum absolute atomic E-state index is 12.2. The summed E-state index contributed by atoms with van der Waals surface area (Å²) in [4.78, 5) is 4.70. The van der Waals surface area contributed by atoms with Crippen LogP contribution in [0.1, 0.15) is 4.88 Å². The predicted octanol–water partition coefficient (Wildman–Crippen LogP) is 2.62. The first-order valence-electron chi connectivity index (χ1n) is 5.01. The average molecular weight is 383 g/mol. The van der Waals surface area contributed by atoms with Gasteiger partial charge in [0.15, 0.2) is 0 Å². The molecule has 102 valence electrons. The Kier molecular flexibility index (Phi) is 4.46. The molecule has 9 heteroatoms. The molecule has 1 aromatic heterocycles. The Morgan fingerprint density at radius 3 is 2.84 bits per heavy atom. The summed E-state index contributed by atoms with van der Waals surface area (Å²) in [5.74, 6) is 0. The molecule has 5 nitrogen and oxygen atoms in total. The number of nitrogen functional groups attached to an aromatic ring is 1. The maximum atomic E-state index is 12.2. The second-order valence-electron chi connectivity index (χ2n) is 3.60. The second-order valence-corrected chi connectivity index (χ2v) is 7.54. The van der Waals surface area contributed by atoms with Crippen LogP contribution in [0.5, 0.6) is 0 Å². The summed E-state index contributed by atoms with van der Waals surface area (Å²) in [5, 5.41) is 0.263. The molecule has 0 fully saturated rings. The van der Waals surface area contributed by atoms with Crippen LogP contribution in [0.4, 0.5) is 5.69 Å². The highest BCUT2D eigenvalue weighted by Crippen LogP contribution is 2.31. The average Bonchev–Trinajstić information content (AvgIpc) is 2.84. The molecule has 0 saturated heterocycles. The molecule has 0 amide bonds. The van der Waals surface area contributed by atoms with E-state index < -0.39 is 10.0 Å². The Balaban J connectivity index is 2.29. The van der Waals surface area contributed by atoms with Crippen LogP contribution in [0.2, 0.25) is 5.02 Å². The number of halogens is 2. The lowest BCUT2D eigenvalue weighted by molar-refractivity contribution is 0.581. The smallest absolute Gasteiger partial charge is 0.242 e. The molecular weight excluding hydrogens is 374 g/mol. The van der Waals surface area contributed by atoms with Crippen molar-refractivity contribution < 1.29 is 8.42 Å². The van der Waals surface area contributed by atoms with E-state index >= 15 is 0 Å². The van der Waals surface area contributed by atoms with Gasteiger partial charge in [-0.25, -0.2) is 13.1 Å². The van der Waals surface area contributed by atoms with E-state index in [1.54, 1.807) is 11.7 Å². The standard InChI is InChI=1S/C10H9BrClN3O2S2/c11-10-8(13)1-6(12)2-9(10)19(16,17)15-4-7-3-14-5-18-7/h1-3,5,15H,4,13H2. The minimum absolute atomic E-state index is 0.0158. The van der Waals surface area contributed by atoms with Gasteiger partial charge in [-0.3, -0.25) is 4.98 Å². The molecule has 19 heavy (non-hydrogen) atoms. The van der Waals surface area contributed by atoms with E-state index in [4.69, 9.17) is 17.3 Å². The predicted molar refractivity (Wildman–Crippen MR) is 79.7 cm³/mol. The summed E-state index contributed by atoms with van der Waals surface area (Å²) in [6, 6.07) is 2.82. The molecule has 2 aromatic rings. The molecule has 3 N–H and O–H groups in total. The molecular formula is C10H9BrClN3O2S2. The van der Waals surface area contributed by atoms with E-state index in [0.717, 1.165) is 4.88 Å². The van der Waals surface area contributed by atoms with Gasteiger partial charge in [0, 0.05) is 28.3 Å². The van der Waals surface area contributed by atoms with Crippen LogP contribution in [-0.4, -0.2) is 13.4 Å². The second kappa shape index (κ2) is 5.76. The third-order valence-corrected chi connectivity index (χ3v) is 5.81. The number of hydrogen-bond acceptors (Lipinski definition) is 5. The van der Waals surface area contributed by atoms with Crippen molar-refractivity contribution in [1.82, 2.24) is 9.71 Å². The summed E-state index contributed by atoms with van der Waals surface area (Å²) < 4.78 is 27.1. The van der Waals surface area contributed by atoms with Gasteiger partial charge in [0.2, 0.25) is 10.0 Å². The van der Waals surface area contributed by atoms with Crippen molar-refractivity contribution in [3.05, 3.63) is 38.2 Å². The van der Waals surface area contributed by atoms with Gasteiger partial charge in [-0.15, -0.1) is 11.3 Å². The molecule has 1 heterocycles. The molecule has 0 radical (unpaired) electrons. The van der Waals surface area contributed by atoms with E-state index in [9.17, 15) is 8.42 Å². The zero-order valence-electron chi connectivity index (χ0n) is 9.43. The van der Waals surface area contributed by atoms with Crippen molar-refractivity contribution >= 4 is 54.6 Å². The van der Waals surface area contributed by atoms with Crippen molar-refractivity contribution in [2.75, 3.05) is 5.73 Å². The lowest BCUT2D eigenvalue weighted by atomic mass is 10.3. The van der Waals surface area contributed by atoms with Crippen molar-refractivity contribution in [2.24, 2.45) is 0 Å². The molecule has 0 aliphatic rings. The number of aromatic nitrogens is 1. The topological polar surface area (TPSA) is 85.1 Å². The van der Waals surface area contributed by atoms with E-state index in [1.807, 2.05) is 0 Å². The number of rotatable bonds is 4. The lowest BCUT2D eigenvalue weighted by Gasteiger charge is -2.10. The van der Waals surface area contributed by atoms with Gasteiger partial charge in [0.05, 0.1) is 14.9 Å². The van der Waals surface area contributed by atoms with Crippen molar-refractivity contribution in [3.8, 4) is 0 Å². The van der Waals surface area contributed by atoms with Gasteiger partial charge in [0.25, 0.3) is 0 Å². The van der Waals surface area contributed by atoms with E-state index in [0.29, 0.717) is 4.47 Å². The number of hydrogen-bond donors (Lipinski definition) is 2. The van der Waals surface area contributed by atoms with Gasteiger partial charge >= 0.3 is 0 Å². The van der Waals surface area contributed by atoms with Crippen LogP contribution in [0, 0.1) is 0 Å². The number of benzene rings is 1. The summed E-state index contributed by atoms with van der Waals surface area (Å²) in [7, 11) is -3.69. The molecule has 1 aromatic carbocycles. The number of nitrogens with two attached hydrogens (primary N) is 1. The maximum Gasteiger partial charge on any atom is 0.242 e. The molecule has 0 aliphatic heterocycles. The number of sulfonamides is 1. The molecule has 2 rings (SSSR count). The Morgan fingerprint density at radius 2 is 2.21 bits per heavy atom. The van der Waals surface area contributed by atoms with Crippen molar-refractivity contribution in [3.63, 3.8) is 0 Å². The SMILES string of the molecule is Nc1cc(Cl)cc(S(=O)(=O)NCc2cncs2)c1Br. The normalized spacial score (nSPS) is 11.7. The Bertz CT molecular complexity index is 689. The zero-order valence-corrected chi connectivity index (χ0v) is 13.4. The van der Waals surface area contributed by atoms with Crippen LogP contribution >= 0.6 is 38.9 Å². The van der Waals surface area contributed by atoms with Crippen LogP contribution in [0.3, 0.4) is 0 Å².